The van der Waals surface area contributed by atoms with Crippen LogP contribution in [0.5, 0.6) is 0 Å². The lowest BCUT2D eigenvalue weighted by Gasteiger charge is -2.17. The van der Waals surface area contributed by atoms with Gasteiger partial charge in [0.05, 0.1) is 16.1 Å². The highest BCUT2D eigenvalue weighted by Gasteiger charge is 2.15. The quantitative estimate of drug-likeness (QED) is 0.350. The molecule has 4 aromatic rings. The van der Waals surface area contributed by atoms with Gasteiger partial charge in [-0.05, 0) is 29.6 Å². The highest BCUT2D eigenvalue weighted by atomic mass is 32.2. The van der Waals surface area contributed by atoms with Crippen LogP contribution in [0.25, 0.3) is 21.6 Å². The maximum atomic E-state index is 12.6. The van der Waals surface area contributed by atoms with Gasteiger partial charge in [-0.2, -0.15) is 0 Å². The van der Waals surface area contributed by atoms with Crippen molar-refractivity contribution in [3.8, 4) is 10.7 Å². The summed E-state index contributed by atoms with van der Waals surface area (Å²) in [5.41, 5.74) is 1.78. The van der Waals surface area contributed by atoms with Crippen molar-refractivity contribution in [3.63, 3.8) is 0 Å². The number of carbonyl (C=O) groups is 1. The molecule has 0 saturated heterocycles. The molecule has 6 heteroatoms. The van der Waals surface area contributed by atoms with Gasteiger partial charge in [0.2, 0.25) is 5.91 Å². The van der Waals surface area contributed by atoms with Crippen LogP contribution in [0.1, 0.15) is 0 Å². The molecule has 0 unspecified atom stereocenters. The summed E-state index contributed by atoms with van der Waals surface area (Å²) >= 11 is 3.07. The predicted molar refractivity (Wildman–Crippen MR) is 113 cm³/mol. The number of anilines is 1. The van der Waals surface area contributed by atoms with Crippen LogP contribution >= 0.6 is 23.1 Å². The molecule has 0 radical (unpaired) electrons. The Kier molecular flexibility index (Phi) is 5.18. The van der Waals surface area contributed by atoms with Crippen LogP contribution in [-0.4, -0.2) is 28.7 Å². The fourth-order valence-corrected chi connectivity index (χ4v) is 4.29. The third-order valence-corrected chi connectivity index (χ3v) is 6.00. The molecule has 2 heterocycles. The van der Waals surface area contributed by atoms with E-state index < -0.39 is 0 Å². The van der Waals surface area contributed by atoms with Crippen LogP contribution in [-0.2, 0) is 4.79 Å². The normalized spacial score (nSPS) is 10.9. The van der Waals surface area contributed by atoms with Gasteiger partial charge < -0.3 is 4.90 Å². The smallest absolute Gasteiger partial charge is 0.237 e. The topological polar surface area (TPSA) is 46.1 Å². The number of benzene rings is 2. The summed E-state index contributed by atoms with van der Waals surface area (Å²) < 4.78 is 0. The number of fused-ring (bicyclic) bond motifs is 1. The van der Waals surface area contributed by atoms with E-state index >= 15 is 0 Å². The second-order valence-electron chi connectivity index (χ2n) is 5.92. The molecular formula is C21H17N3OS2. The SMILES string of the molecule is CN(C(=O)CSc1nc(-c2cccs2)nc2ccccc12)c1ccccc1. The second-order valence-corrected chi connectivity index (χ2v) is 7.84. The van der Waals surface area contributed by atoms with Crippen molar-refractivity contribution in [1.82, 2.24) is 9.97 Å². The van der Waals surface area contributed by atoms with Crippen LogP contribution in [0.15, 0.2) is 77.1 Å². The van der Waals surface area contributed by atoms with E-state index in [9.17, 15) is 4.79 Å². The molecule has 0 fully saturated rings. The Hall–Kier alpha value is -2.70. The largest absolute Gasteiger partial charge is 0.315 e. The summed E-state index contributed by atoms with van der Waals surface area (Å²) in [7, 11) is 1.80. The van der Waals surface area contributed by atoms with E-state index in [1.165, 1.54) is 11.8 Å². The Morgan fingerprint density at radius 1 is 1.00 bits per heavy atom. The third-order valence-electron chi connectivity index (χ3n) is 4.16. The number of para-hydroxylation sites is 2. The van der Waals surface area contributed by atoms with E-state index in [2.05, 4.69) is 4.98 Å². The maximum Gasteiger partial charge on any atom is 0.237 e. The highest BCUT2D eigenvalue weighted by Crippen LogP contribution is 2.30. The number of rotatable bonds is 5. The molecule has 4 nitrogen and oxygen atoms in total. The van der Waals surface area contributed by atoms with E-state index in [1.54, 1.807) is 23.3 Å². The molecule has 0 aliphatic carbocycles. The number of aromatic nitrogens is 2. The number of hydrogen-bond acceptors (Lipinski definition) is 5. The monoisotopic (exact) mass is 391 g/mol. The van der Waals surface area contributed by atoms with Gasteiger partial charge in [-0.1, -0.05) is 54.2 Å². The first-order valence-electron chi connectivity index (χ1n) is 8.47. The minimum Gasteiger partial charge on any atom is -0.315 e. The molecule has 0 aliphatic heterocycles. The number of thioether (sulfide) groups is 1. The van der Waals surface area contributed by atoms with Gasteiger partial charge in [0.15, 0.2) is 5.82 Å². The van der Waals surface area contributed by atoms with Crippen molar-refractivity contribution < 1.29 is 4.79 Å². The van der Waals surface area contributed by atoms with Crippen molar-refractivity contribution in [1.29, 1.82) is 0 Å². The minimum atomic E-state index is 0.0339. The first kappa shape index (κ1) is 17.7. The number of amides is 1. The summed E-state index contributed by atoms with van der Waals surface area (Å²) in [5.74, 6) is 1.05. The van der Waals surface area contributed by atoms with Gasteiger partial charge in [0, 0.05) is 18.1 Å². The molecule has 0 spiro atoms. The zero-order valence-electron chi connectivity index (χ0n) is 14.7. The Morgan fingerprint density at radius 2 is 1.78 bits per heavy atom. The first-order chi connectivity index (χ1) is 13.2. The Bertz CT molecular complexity index is 1070. The molecular weight excluding hydrogens is 374 g/mol. The number of thiophene rings is 1. The van der Waals surface area contributed by atoms with Gasteiger partial charge in [0.1, 0.15) is 5.03 Å². The molecule has 2 aromatic carbocycles. The van der Waals surface area contributed by atoms with E-state index in [0.717, 1.165) is 26.5 Å². The molecule has 0 bridgehead atoms. The van der Waals surface area contributed by atoms with Gasteiger partial charge in [-0.25, -0.2) is 9.97 Å². The summed E-state index contributed by atoms with van der Waals surface area (Å²) in [6.07, 6.45) is 0. The van der Waals surface area contributed by atoms with Crippen LogP contribution in [0, 0.1) is 0 Å². The van der Waals surface area contributed by atoms with Gasteiger partial charge >= 0.3 is 0 Å². The van der Waals surface area contributed by atoms with Crippen molar-refractivity contribution in [2.75, 3.05) is 17.7 Å². The molecule has 2 aromatic heterocycles. The number of carbonyl (C=O) groups excluding carboxylic acids is 1. The average molecular weight is 392 g/mol. The summed E-state index contributed by atoms with van der Waals surface area (Å²) in [5, 5.41) is 3.82. The Balaban J connectivity index is 1.60. The minimum absolute atomic E-state index is 0.0339. The molecule has 134 valence electrons. The molecule has 27 heavy (non-hydrogen) atoms. The predicted octanol–water partition coefficient (Wildman–Crippen LogP) is 5.11. The fourth-order valence-electron chi connectivity index (χ4n) is 2.70. The average Bonchev–Trinajstić information content (AvgIpc) is 3.26. The van der Waals surface area contributed by atoms with Crippen LogP contribution in [0.3, 0.4) is 0 Å². The van der Waals surface area contributed by atoms with Crippen molar-refractivity contribution in [2.24, 2.45) is 0 Å². The third kappa shape index (κ3) is 3.86. The van der Waals surface area contributed by atoms with Crippen LogP contribution in [0.2, 0.25) is 0 Å². The van der Waals surface area contributed by atoms with Crippen molar-refractivity contribution >= 4 is 45.6 Å². The second kappa shape index (κ2) is 7.90. The summed E-state index contributed by atoms with van der Waals surface area (Å²) in [6.45, 7) is 0. The van der Waals surface area contributed by atoms with Crippen molar-refractivity contribution in [2.45, 2.75) is 5.03 Å². The lowest BCUT2D eigenvalue weighted by Crippen LogP contribution is -2.27. The lowest BCUT2D eigenvalue weighted by molar-refractivity contribution is -0.115. The van der Waals surface area contributed by atoms with E-state index in [0.29, 0.717) is 11.6 Å². The molecule has 0 atom stereocenters. The summed E-state index contributed by atoms with van der Waals surface area (Å²) in [4.78, 5) is 24.7. The van der Waals surface area contributed by atoms with Gasteiger partial charge in [-0.3, -0.25) is 4.79 Å². The molecule has 0 saturated carbocycles. The highest BCUT2D eigenvalue weighted by molar-refractivity contribution is 8.00. The maximum absolute atomic E-state index is 12.6. The summed E-state index contributed by atoms with van der Waals surface area (Å²) in [6, 6.07) is 21.6. The standard InChI is InChI=1S/C21H17N3OS2/c1-24(15-8-3-2-4-9-15)19(25)14-27-21-16-10-5-6-11-17(16)22-20(23-21)18-12-7-13-26-18/h2-13H,14H2,1H3. The van der Waals surface area contributed by atoms with Gasteiger partial charge in [0.25, 0.3) is 0 Å². The molecule has 4 rings (SSSR count). The first-order valence-corrected chi connectivity index (χ1v) is 10.3. The number of hydrogen-bond donors (Lipinski definition) is 0. The van der Waals surface area contributed by atoms with Crippen molar-refractivity contribution in [3.05, 3.63) is 72.1 Å². The Labute approximate surface area is 165 Å². The van der Waals surface area contributed by atoms with E-state index in [1.807, 2.05) is 72.1 Å². The van der Waals surface area contributed by atoms with Crippen LogP contribution < -0.4 is 4.90 Å². The Morgan fingerprint density at radius 3 is 2.56 bits per heavy atom. The van der Waals surface area contributed by atoms with Crippen LogP contribution in [0.4, 0.5) is 5.69 Å². The molecule has 1 amide bonds. The fraction of sp³-hybridized carbons (Fsp3) is 0.0952. The van der Waals surface area contributed by atoms with E-state index in [-0.39, 0.29) is 5.91 Å². The lowest BCUT2D eigenvalue weighted by atomic mass is 10.2. The molecule has 0 N–H and O–H groups in total. The zero-order valence-corrected chi connectivity index (χ0v) is 16.3. The van der Waals surface area contributed by atoms with E-state index in [4.69, 9.17) is 4.98 Å². The number of nitrogens with zero attached hydrogens (tertiary/aromatic N) is 3. The zero-order chi connectivity index (χ0) is 18.6. The molecule has 0 aliphatic rings. The van der Waals surface area contributed by atoms with Gasteiger partial charge in [-0.15, -0.1) is 11.3 Å².